The predicted octanol–water partition coefficient (Wildman–Crippen LogP) is 2.85. The standard InChI is InChI=1S/C12H11F4N3O/c1-20-6-5-17-10-7-3-2-4-8(13)9(7)18-11(19-10)12(14,15)16/h2-4H,5-6H2,1H3,(H,17,18,19). The predicted molar refractivity (Wildman–Crippen MR) is 64.9 cm³/mol. The Bertz CT molecular complexity index is 615. The van der Waals surface area contributed by atoms with Crippen LogP contribution >= 0.6 is 0 Å². The minimum atomic E-state index is -4.74. The highest BCUT2D eigenvalue weighted by Gasteiger charge is 2.35. The number of halogens is 4. The highest BCUT2D eigenvalue weighted by molar-refractivity contribution is 5.89. The van der Waals surface area contributed by atoms with Crippen molar-refractivity contribution in [1.29, 1.82) is 0 Å². The summed E-state index contributed by atoms with van der Waals surface area (Å²) in [6.45, 7) is 0.526. The van der Waals surface area contributed by atoms with E-state index in [2.05, 4.69) is 15.3 Å². The lowest BCUT2D eigenvalue weighted by Crippen LogP contribution is -2.15. The first-order chi connectivity index (χ1) is 9.43. The van der Waals surface area contributed by atoms with Crippen LogP contribution in [-0.2, 0) is 10.9 Å². The SMILES string of the molecule is COCCNc1nc(C(F)(F)F)nc2c(F)cccc12. The molecular formula is C12H11F4N3O. The third-order valence-corrected chi connectivity index (χ3v) is 2.53. The van der Waals surface area contributed by atoms with Crippen LogP contribution in [-0.4, -0.2) is 30.2 Å². The number of aromatic nitrogens is 2. The van der Waals surface area contributed by atoms with Crippen molar-refractivity contribution in [2.24, 2.45) is 0 Å². The Morgan fingerprint density at radius 3 is 2.65 bits per heavy atom. The quantitative estimate of drug-likeness (QED) is 0.694. The number of alkyl halides is 3. The first-order valence-corrected chi connectivity index (χ1v) is 5.69. The molecule has 2 aromatic rings. The van der Waals surface area contributed by atoms with Crippen molar-refractivity contribution < 1.29 is 22.3 Å². The number of para-hydroxylation sites is 1. The van der Waals surface area contributed by atoms with Crippen molar-refractivity contribution in [3.63, 3.8) is 0 Å². The molecule has 2 rings (SSSR count). The molecule has 0 amide bonds. The van der Waals surface area contributed by atoms with Crippen LogP contribution in [0, 0.1) is 5.82 Å². The average molecular weight is 289 g/mol. The van der Waals surface area contributed by atoms with E-state index in [-0.39, 0.29) is 29.9 Å². The van der Waals surface area contributed by atoms with Gasteiger partial charge in [-0.05, 0) is 12.1 Å². The van der Waals surface area contributed by atoms with Crippen LogP contribution in [0.1, 0.15) is 5.82 Å². The second-order valence-corrected chi connectivity index (χ2v) is 3.95. The second-order valence-electron chi connectivity index (χ2n) is 3.95. The summed E-state index contributed by atoms with van der Waals surface area (Å²) >= 11 is 0. The van der Waals surface area contributed by atoms with Crippen molar-refractivity contribution in [3.05, 3.63) is 29.8 Å². The lowest BCUT2D eigenvalue weighted by atomic mass is 10.2. The van der Waals surface area contributed by atoms with E-state index >= 15 is 0 Å². The van der Waals surface area contributed by atoms with Crippen LogP contribution in [0.15, 0.2) is 18.2 Å². The molecule has 4 nitrogen and oxygen atoms in total. The molecule has 0 aliphatic heterocycles. The fraction of sp³-hybridized carbons (Fsp3) is 0.333. The Morgan fingerprint density at radius 1 is 1.25 bits per heavy atom. The molecule has 0 radical (unpaired) electrons. The molecule has 1 aromatic heterocycles. The van der Waals surface area contributed by atoms with E-state index in [1.807, 2.05) is 0 Å². The van der Waals surface area contributed by atoms with Gasteiger partial charge in [0.15, 0.2) is 0 Å². The van der Waals surface area contributed by atoms with Gasteiger partial charge in [0.05, 0.1) is 6.61 Å². The lowest BCUT2D eigenvalue weighted by Gasteiger charge is -2.12. The molecule has 1 heterocycles. The molecule has 108 valence electrons. The molecule has 0 aliphatic carbocycles. The number of rotatable bonds is 4. The Hall–Kier alpha value is -1.96. The van der Waals surface area contributed by atoms with Gasteiger partial charge in [-0.3, -0.25) is 0 Å². The maximum atomic E-state index is 13.6. The first kappa shape index (κ1) is 14.4. The first-order valence-electron chi connectivity index (χ1n) is 5.69. The van der Waals surface area contributed by atoms with Gasteiger partial charge < -0.3 is 10.1 Å². The van der Waals surface area contributed by atoms with E-state index in [4.69, 9.17) is 4.74 Å². The average Bonchev–Trinajstić information content (AvgIpc) is 2.38. The molecule has 0 saturated heterocycles. The van der Waals surface area contributed by atoms with Gasteiger partial charge in [-0.15, -0.1) is 0 Å². The van der Waals surface area contributed by atoms with Crippen molar-refractivity contribution in [3.8, 4) is 0 Å². The zero-order valence-electron chi connectivity index (χ0n) is 10.5. The summed E-state index contributed by atoms with van der Waals surface area (Å²) in [5.74, 6) is -2.28. The van der Waals surface area contributed by atoms with E-state index in [1.165, 1.54) is 19.2 Å². The number of methoxy groups -OCH3 is 1. The number of ether oxygens (including phenoxy) is 1. The molecule has 0 bridgehead atoms. The Morgan fingerprint density at radius 2 is 2.00 bits per heavy atom. The minimum absolute atomic E-state index is 0.0705. The molecule has 0 unspecified atom stereocenters. The number of benzene rings is 1. The van der Waals surface area contributed by atoms with Gasteiger partial charge in [0.25, 0.3) is 0 Å². The van der Waals surface area contributed by atoms with Gasteiger partial charge in [0, 0.05) is 19.0 Å². The molecule has 20 heavy (non-hydrogen) atoms. The number of nitrogens with zero attached hydrogens (tertiary/aromatic N) is 2. The Labute approximate surface area is 111 Å². The van der Waals surface area contributed by atoms with Crippen molar-refractivity contribution in [1.82, 2.24) is 9.97 Å². The zero-order chi connectivity index (χ0) is 14.8. The molecule has 0 saturated carbocycles. The topological polar surface area (TPSA) is 47.0 Å². The maximum absolute atomic E-state index is 13.6. The summed E-state index contributed by atoms with van der Waals surface area (Å²) in [6, 6.07) is 3.89. The molecule has 1 N–H and O–H groups in total. The van der Waals surface area contributed by atoms with Crippen LogP contribution in [0.2, 0.25) is 0 Å². The van der Waals surface area contributed by atoms with Crippen molar-refractivity contribution in [2.45, 2.75) is 6.18 Å². The van der Waals surface area contributed by atoms with Crippen LogP contribution in [0.3, 0.4) is 0 Å². The highest BCUT2D eigenvalue weighted by Crippen LogP contribution is 2.30. The van der Waals surface area contributed by atoms with Gasteiger partial charge in [0.2, 0.25) is 5.82 Å². The molecular weight excluding hydrogens is 278 g/mol. The number of hydrogen-bond acceptors (Lipinski definition) is 4. The van der Waals surface area contributed by atoms with Crippen LogP contribution in [0.25, 0.3) is 10.9 Å². The van der Waals surface area contributed by atoms with E-state index in [0.29, 0.717) is 0 Å². The molecule has 0 aliphatic rings. The summed E-state index contributed by atoms with van der Waals surface area (Å²) < 4.78 is 56.6. The monoisotopic (exact) mass is 289 g/mol. The third kappa shape index (κ3) is 2.96. The van der Waals surface area contributed by atoms with Crippen molar-refractivity contribution in [2.75, 3.05) is 25.6 Å². The van der Waals surface area contributed by atoms with E-state index < -0.39 is 17.8 Å². The van der Waals surface area contributed by atoms with Gasteiger partial charge in [-0.25, -0.2) is 14.4 Å². The van der Waals surface area contributed by atoms with E-state index in [0.717, 1.165) is 6.07 Å². The smallest absolute Gasteiger partial charge is 0.383 e. The molecule has 1 aromatic carbocycles. The number of hydrogen-bond donors (Lipinski definition) is 1. The van der Waals surface area contributed by atoms with E-state index in [1.54, 1.807) is 0 Å². The molecule has 0 atom stereocenters. The molecule has 8 heteroatoms. The van der Waals surface area contributed by atoms with E-state index in [9.17, 15) is 17.6 Å². The fourth-order valence-electron chi connectivity index (χ4n) is 1.65. The zero-order valence-corrected chi connectivity index (χ0v) is 10.5. The normalized spacial score (nSPS) is 11.8. The fourth-order valence-corrected chi connectivity index (χ4v) is 1.65. The second kappa shape index (κ2) is 5.58. The summed E-state index contributed by atoms with van der Waals surface area (Å²) in [6.07, 6.45) is -4.74. The van der Waals surface area contributed by atoms with Crippen LogP contribution in [0.5, 0.6) is 0 Å². The van der Waals surface area contributed by atoms with Crippen molar-refractivity contribution >= 4 is 16.7 Å². The lowest BCUT2D eigenvalue weighted by molar-refractivity contribution is -0.144. The minimum Gasteiger partial charge on any atom is -0.383 e. The number of anilines is 1. The third-order valence-electron chi connectivity index (χ3n) is 2.53. The largest absolute Gasteiger partial charge is 0.451 e. The van der Waals surface area contributed by atoms with Gasteiger partial charge in [0.1, 0.15) is 17.2 Å². The molecule has 0 spiro atoms. The Kier molecular flexibility index (Phi) is 4.03. The highest BCUT2D eigenvalue weighted by atomic mass is 19.4. The summed E-state index contributed by atoms with van der Waals surface area (Å²) in [7, 11) is 1.46. The maximum Gasteiger partial charge on any atom is 0.451 e. The summed E-state index contributed by atoms with van der Waals surface area (Å²) in [5.41, 5.74) is -0.366. The summed E-state index contributed by atoms with van der Waals surface area (Å²) in [4.78, 5) is 6.67. The van der Waals surface area contributed by atoms with Crippen LogP contribution < -0.4 is 5.32 Å². The van der Waals surface area contributed by atoms with Crippen LogP contribution in [0.4, 0.5) is 23.4 Å². The number of fused-ring (bicyclic) bond motifs is 1. The van der Waals surface area contributed by atoms with Gasteiger partial charge in [-0.2, -0.15) is 13.2 Å². The number of nitrogens with one attached hydrogen (secondary N) is 1. The van der Waals surface area contributed by atoms with Gasteiger partial charge in [-0.1, -0.05) is 6.07 Å². The van der Waals surface area contributed by atoms with Gasteiger partial charge >= 0.3 is 6.18 Å². The summed E-state index contributed by atoms with van der Waals surface area (Å²) in [5, 5.41) is 2.87. The molecule has 0 fully saturated rings. The Balaban J connectivity index is 2.55.